The van der Waals surface area contributed by atoms with E-state index in [0.29, 0.717) is 18.3 Å². The molecule has 1 fully saturated rings. The predicted molar refractivity (Wildman–Crippen MR) is 91.0 cm³/mol. The van der Waals surface area contributed by atoms with Crippen LogP contribution in [0.2, 0.25) is 0 Å². The molecule has 22 heavy (non-hydrogen) atoms. The van der Waals surface area contributed by atoms with Crippen LogP contribution in [0.25, 0.3) is 0 Å². The van der Waals surface area contributed by atoms with Crippen LogP contribution in [0.3, 0.4) is 0 Å². The minimum absolute atomic E-state index is 0.180. The smallest absolute Gasteiger partial charge is 0.134 e. The molecule has 0 heterocycles. The van der Waals surface area contributed by atoms with Crippen molar-refractivity contribution in [2.75, 3.05) is 6.61 Å². The topological polar surface area (TPSA) is 9.23 Å². The number of benzene rings is 1. The molecule has 0 amide bonds. The van der Waals surface area contributed by atoms with E-state index in [1.165, 1.54) is 38.5 Å². The molecule has 2 heteroatoms. The third-order valence-corrected chi connectivity index (χ3v) is 5.19. The Morgan fingerprint density at radius 3 is 2.45 bits per heavy atom. The van der Waals surface area contributed by atoms with Gasteiger partial charge in [0.05, 0.1) is 0 Å². The Bertz CT molecular complexity index is 397. The van der Waals surface area contributed by atoms with Gasteiger partial charge in [-0.15, -0.1) is 0 Å². The van der Waals surface area contributed by atoms with Crippen LogP contribution in [0.15, 0.2) is 30.3 Å². The van der Waals surface area contributed by atoms with Gasteiger partial charge in [-0.25, -0.2) is 4.39 Å². The monoisotopic (exact) mass is 306 g/mol. The molecule has 2 atom stereocenters. The molecule has 1 saturated carbocycles. The van der Waals surface area contributed by atoms with Gasteiger partial charge in [-0.1, -0.05) is 57.7 Å². The Morgan fingerprint density at radius 2 is 1.82 bits per heavy atom. The van der Waals surface area contributed by atoms with Crippen LogP contribution >= 0.6 is 0 Å². The normalized spacial score (nSPS) is 24.7. The molecular weight excluding hydrogens is 275 g/mol. The summed E-state index contributed by atoms with van der Waals surface area (Å²) < 4.78 is 19.7. The minimum Gasteiger partial charge on any atom is -0.491 e. The number of hydrogen-bond acceptors (Lipinski definition) is 1. The third kappa shape index (κ3) is 5.62. The highest BCUT2D eigenvalue weighted by Crippen LogP contribution is 2.37. The highest BCUT2D eigenvalue weighted by molar-refractivity contribution is 5.20. The zero-order valence-corrected chi connectivity index (χ0v) is 14.1. The van der Waals surface area contributed by atoms with Crippen molar-refractivity contribution < 1.29 is 9.13 Å². The second kappa shape index (κ2) is 9.17. The van der Waals surface area contributed by atoms with E-state index in [-0.39, 0.29) is 6.61 Å². The lowest BCUT2D eigenvalue weighted by atomic mass is 9.74. The Morgan fingerprint density at radius 1 is 1.14 bits per heavy atom. The van der Waals surface area contributed by atoms with E-state index in [1.54, 1.807) is 0 Å². The zero-order chi connectivity index (χ0) is 15.8. The summed E-state index contributed by atoms with van der Waals surface area (Å²) in [6.45, 7) is 4.68. The zero-order valence-electron chi connectivity index (χ0n) is 14.1. The Hall–Kier alpha value is -1.05. The van der Waals surface area contributed by atoms with Crippen LogP contribution in [0.4, 0.5) is 4.39 Å². The van der Waals surface area contributed by atoms with Crippen molar-refractivity contribution in [2.24, 2.45) is 17.8 Å². The van der Waals surface area contributed by atoms with Gasteiger partial charge >= 0.3 is 0 Å². The van der Waals surface area contributed by atoms with E-state index in [0.717, 1.165) is 11.7 Å². The van der Waals surface area contributed by atoms with Crippen LogP contribution in [0, 0.1) is 17.8 Å². The first kappa shape index (κ1) is 17.3. The highest BCUT2D eigenvalue weighted by atomic mass is 19.1. The van der Waals surface area contributed by atoms with Gasteiger partial charge < -0.3 is 4.74 Å². The van der Waals surface area contributed by atoms with E-state index in [4.69, 9.17) is 4.74 Å². The molecule has 2 rings (SSSR count). The molecule has 1 aromatic carbocycles. The maximum absolute atomic E-state index is 14.2. The SMILES string of the molecule is CCC[C@H]1CC[C@H](C(C)CC(F)COc2ccccc2)CC1. The standard InChI is InChI=1S/C20H31FO/c1-3-7-17-10-12-18(13-11-17)16(2)14-19(21)15-22-20-8-5-4-6-9-20/h4-6,8-9,16-19H,3,7,10-15H2,1-2H3/t16?,17-,18-,19?. The molecule has 0 spiro atoms. The largest absolute Gasteiger partial charge is 0.491 e. The molecule has 124 valence electrons. The van der Waals surface area contributed by atoms with Crippen molar-refractivity contribution >= 4 is 0 Å². The number of hydrogen-bond donors (Lipinski definition) is 0. The molecule has 0 N–H and O–H groups in total. The Kier molecular flexibility index (Phi) is 7.21. The van der Waals surface area contributed by atoms with Gasteiger partial charge in [0.1, 0.15) is 18.5 Å². The van der Waals surface area contributed by atoms with Gasteiger partial charge in [-0.05, 0) is 49.1 Å². The Balaban J connectivity index is 1.67. The fourth-order valence-corrected chi connectivity index (χ4v) is 3.82. The van der Waals surface area contributed by atoms with Gasteiger partial charge in [0.2, 0.25) is 0 Å². The summed E-state index contributed by atoms with van der Waals surface area (Å²) in [5.74, 6) is 2.87. The first-order valence-corrected chi connectivity index (χ1v) is 9.01. The average Bonchev–Trinajstić information content (AvgIpc) is 2.55. The molecule has 1 aliphatic carbocycles. The summed E-state index contributed by atoms with van der Waals surface area (Å²) in [6, 6.07) is 9.53. The van der Waals surface area contributed by atoms with Gasteiger partial charge in [0, 0.05) is 0 Å². The van der Waals surface area contributed by atoms with Crippen molar-refractivity contribution in [1.29, 1.82) is 0 Å². The Labute approximate surface area is 135 Å². The van der Waals surface area contributed by atoms with Gasteiger partial charge in [-0.2, -0.15) is 0 Å². The van der Waals surface area contributed by atoms with Crippen molar-refractivity contribution in [3.05, 3.63) is 30.3 Å². The fourth-order valence-electron chi connectivity index (χ4n) is 3.82. The lowest BCUT2D eigenvalue weighted by Crippen LogP contribution is -2.24. The molecule has 1 nitrogen and oxygen atoms in total. The van der Waals surface area contributed by atoms with Gasteiger partial charge in [-0.3, -0.25) is 0 Å². The molecule has 0 aromatic heterocycles. The van der Waals surface area contributed by atoms with E-state index in [9.17, 15) is 4.39 Å². The lowest BCUT2D eigenvalue weighted by molar-refractivity contribution is 0.133. The lowest BCUT2D eigenvalue weighted by Gasteiger charge is -2.32. The van der Waals surface area contributed by atoms with Crippen molar-refractivity contribution in [3.8, 4) is 5.75 Å². The van der Waals surface area contributed by atoms with E-state index < -0.39 is 6.17 Å². The molecule has 0 radical (unpaired) electrons. The van der Waals surface area contributed by atoms with Crippen LogP contribution in [-0.2, 0) is 0 Å². The minimum atomic E-state index is -0.858. The number of halogens is 1. The molecule has 0 bridgehead atoms. The number of para-hydroxylation sites is 1. The maximum atomic E-state index is 14.2. The van der Waals surface area contributed by atoms with Crippen molar-refractivity contribution in [2.45, 2.75) is 65.0 Å². The first-order valence-electron chi connectivity index (χ1n) is 9.01. The maximum Gasteiger partial charge on any atom is 0.134 e. The van der Waals surface area contributed by atoms with Gasteiger partial charge in [0.25, 0.3) is 0 Å². The summed E-state index contributed by atoms with van der Waals surface area (Å²) in [6.07, 6.45) is 7.72. The third-order valence-electron chi connectivity index (χ3n) is 5.19. The van der Waals surface area contributed by atoms with Crippen LogP contribution in [0.5, 0.6) is 5.75 Å². The van der Waals surface area contributed by atoms with E-state index in [1.807, 2.05) is 30.3 Å². The second-order valence-electron chi connectivity index (χ2n) is 7.00. The summed E-state index contributed by atoms with van der Waals surface area (Å²) in [5.41, 5.74) is 0. The predicted octanol–water partition coefficient (Wildman–Crippen LogP) is 6.04. The summed E-state index contributed by atoms with van der Waals surface area (Å²) in [4.78, 5) is 0. The number of ether oxygens (including phenoxy) is 1. The average molecular weight is 306 g/mol. The number of rotatable bonds is 8. The fraction of sp³-hybridized carbons (Fsp3) is 0.700. The summed E-state index contributed by atoms with van der Waals surface area (Å²) >= 11 is 0. The highest BCUT2D eigenvalue weighted by Gasteiger charge is 2.26. The molecule has 0 aliphatic heterocycles. The van der Waals surface area contributed by atoms with E-state index in [2.05, 4.69) is 13.8 Å². The quantitative estimate of drug-likeness (QED) is 0.569. The first-order chi connectivity index (χ1) is 10.7. The second-order valence-corrected chi connectivity index (χ2v) is 7.00. The van der Waals surface area contributed by atoms with Crippen molar-refractivity contribution in [1.82, 2.24) is 0 Å². The van der Waals surface area contributed by atoms with Crippen LogP contribution in [-0.4, -0.2) is 12.8 Å². The number of alkyl halides is 1. The van der Waals surface area contributed by atoms with Crippen molar-refractivity contribution in [3.63, 3.8) is 0 Å². The van der Waals surface area contributed by atoms with E-state index >= 15 is 0 Å². The molecule has 0 saturated heterocycles. The molecule has 1 aromatic rings. The van der Waals surface area contributed by atoms with Gasteiger partial charge in [0.15, 0.2) is 0 Å². The molecule has 2 unspecified atom stereocenters. The van der Waals surface area contributed by atoms with Crippen LogP contribution in [0.1, 0.15) is 58.8 Å². The molecular formula is C20H31FO. The van der Waals surface area contributed by atoms with Crippen LogP contribution < -0.4 is 4.74 Å². The summed E-state index contributed by atoms with van der Waals surface area (Å²) in [7, 11) is 0. The summed E-state index contributed by atoms with van der Waals surface area (Å²) in [5, 5.41) is 0. The molecule has 1 aliphatic rings.